The van der Waals surface area contributed by atoms with E-state index in [0.29, 0.717) is 18.3 Å². The first kappa shape index (κ1) is 22.2. The lowest BCUT2D eigenvalue weighted by atomic mass is 10.1. The normalized spacial score (nSPS) is 13.5. The van der Waals surface area contributed by atoms with Gasteiger partial charge in [0.25, 0.3) is 0 Å². The topological polar surface area (TPSA) is 75.6 Å². The summed E-state index contributed by atoms with van der Waals surface area (Å²) in [5, 5.41) is 10.1. The van der Waals surface area contributed by atoms with Crippen LogP contribution in [0.15, 0.2) is 53.4 Å². The second-order valence-electron chi connectivity index (χ2n) is 6.66. The molecule has 0 radical (unpaired) electrons. The molecule has 9 heteroatoms. The Morgan fingerprint density at radius 2 is 1.61 bits per heavy atom. The van der Waals surface area contributed by atoms with E-state index in [2.05, 4.69) is 4.72 Å². The smallest absolute Gasteiger partial charge is 0.416 e. The van der Waals surface area contributed by atoms with Gasteiger partial charge in [-0.3, -0.25) is 0 Å². The third-order valence-corrected chi connectivity index (χ3v) is 5.25. The van der Waals surface area contributed by atoms with Gasteiger partial charge in [0.2, 0.25) is 10.0 Å². The molecular formula is C19H22F3NO4S. The fourth-order valence-electron chi connectivity index (χ4n) is 2.26. The lowest BCUT2D eigenvalue weighted by Gasteiger charge is -2.14. The van der Waals surface area contributed by atoms with Crippen LogP contribution in [0, 0.1) is 5.92 Å². The number of aliphatic hydroxyl groups excluding tert-OH is 1. The summed E-state index contributed by atoms with van der Waals surface area (Å²) in [6, 6.07) is 9.72. The number of nitrogens with one attached hydrogen (secondary N) is 1. The van der Waals surface area contributed by atoms with E-state index in [-0.39, 0.29) is 17.0 Å². The molecule has 0 fully saturated rings. The zero-order valence-electron chi connectivity index (χ0n) is 15.4. The summed E-state index contributed by atoms with van der Waals surface area (Å²) in [5.74, 6) is 0.870. The zero-order chi connectivity index (χ0) is 20.9. The first-order valence-corrected chi connectivity index (χ1v) is 10.0. The van der Waals surface area contributed by atoms with Crippen molar-refractivity contribution in [2.24, 2.45) is 5.92 Å². The molecule has 1 atom stereocenters. The first-order valence-electron chi connectivity index (χ1n) is 8.57. The molecular weight excluding hydrogens is 395 g/mol. The van der Waals surface area contributed by atoms with Crippen molar-refractivity contribution in [3.05, 3.63) is 59.7 Å². The molecule has 1 unspecified atom stereocenters. The van der Waals surface area contributed by atoms with E-state index in [1.807, 2.05) is 13.8 Å². The summed E-state index contributed by atoms with van der Waals surface area (Å²) >= 11 is 0. The van der Waals surface area contributed by atoms with E-state index in [9.17, 15) is 26.7 Å². The van der Waals surface area contributed by atoms with Gasteiger partial charge in [0, 0.05) is 6.54 Å². The van der Waals surface area contributed by atoms with Gasteiger partial charge in [-0.2, -0.15) is 13.2 Å². The standard InChI is InChI=1S/C19H22F3NO4S/c1-13(2)12-27-16-7-9-17(10-8-16)28(25,26)23-11-18(24)14-3-5-15(6-4-14)19(20,21)22/h3-10,13,18,23-24H,11-12H2,1-2H3. The van der Waals surface area contributed by atoms with Crippen molar-refractivity contribution < 1.29 is 31.4 Å². The summed E-state index contributed by atoms with van der Waals surface area (Å²) in [6.07, 6.45) is -5.76. The molecule has 0 saturated heterocycles. The van der Waals surface area contributed by atoms with Crippen LogP contribution < -0.4 is 9.46 Å². The van der Waals surface area contributed by atoms with Gasteiger partial charge in [-0.25, -0.2) is 13.1 Å². The van der Waals surface area contributed by atoms with Gasteiger partial charge >= 0.3 is 6.18 Å². The third kappa shape index (κ3) is 6.22. The predicted octanol–water partition coefficient (Wildman–Crippen LogP) is 3.75. The maximum Gasteiger partial charge on any atom is 0.416 e. The van der Waals surface area contributed by atoms with Crippen LogP contribution in [0.25, 0.3) is 0 Å². The number of hydrogen-bond donors (Lipinski definition) is 2. The lowest BCUT2D eigenvalue weighted by Crippen LogP contribution is -2.28. The fourth-order valence-corrected chi connectivity index (χ4v) is 3.30. The van der Waals surface area contributed by atoms with E-state index in [4.69, 9.17) is 4.74 Å². The highest BCUT2D eigenvalue weighted by Crippen LogP contribution is 2.30. The summed E-state index contributed by atoms with van der Waals surface area (Å²) in [7, 11) is -3.89. The van der Waals surface area contributed by atoms with Gasteiger partial charge in [-0.1, -0.05) is 26.0 Å². The number of aliphatic hydroxyl groups is 1. The van der Waals surface area contributed by atoms with Crippen molar-refractivity contribution in [3.8, 4) is 5.75 Å². The SMILES string of the molecule is CC(C)COc1ccc(S(=O)(=O)NCC(O)c2ccc(C(F)(F)F)cc2)cc1. The molecule has 0 aliphatic heterocycles. The zero-order valence-corrected chi connectivity index (χ0v) is 16.2. The molecule has 0 bridgehead atoms. The molecule has 0 aromatic heterocycles. The number of ether oxygens (including phenoxy) is 1. The Hall–Kier alpha value is -2.10. The van der Waals surface area contributed by atoms with Gasteiger partial charge in [0.15, 0.2) is 0 Å². The van der Waals surface area contributed by atoms with Crippen LogP contribution in [-0.2, 0) is 16.2 Å². The molecule has 2 rings (SSSR count). The minimum absolute atomic E-state index is 0.0102. The number of hydrogen-bond acceptors (Lipinski definition) is 4. The van der Waals surface area contributed by atoms with E-state index >= 15 is 0 Å². The van der Waals surface area contributed by atoms with Crippen molar-refractivity contribution in [1.82, 2.24) is 4.72 Å². The Kier molecular flexibility index (Phi) is 7.08. The molecule has 0 saturated carbocycles. The fraction of sp³-hybridized carbons (Fsp3) is 0.368. The first-order chi connectivity index (χ1) is 13.0. The quantitative estimate of drug-likeness (QED) is 0.686. The average Bonchev–Trinajstić information content (AvgIpc) is 2.64. The molecule has 0 amide bonds. The summed E-state index contributed by atoms with van der Waals surface area (Å²) < 4.78 is 70.1. The Labute approximate surface area is 162 Å². The van der Waals surface area contributed by atoms with Crippen LogP contribution in [0.2, 0.25) is 0 Å². The number of sulfonamides is 1. The molecule has 0 heterocycles. The summed E-state index contributed by atoms with van der Waals surface area (Å²) in [5.41, 5.74) is -0.670. The van der Waals surface area contributed by atoms with E-state index < -0.39 is 27.9 Å². The van der Waals surface area contributed by atoms with Gasteiger partial charge in [-0.05, 0) is 47.9 Å². The Morgan fingerprint density at radius 1 is 1.04 bits per heavy atom. The highest BCUT2D eigenvalue weighted by molar-refractivity contribution is 7.89. The molecule has 0 spiro atoms. The molecule has 28 heavy (non-hydrogen) atoms. The minimum atomic E-state index is -4.48. The lowest BCUT2D eigenvalue weighted by molar-refractivity contribution is -0.137. The Morgan fingerprint density at radius 3 is 2.11 bits per heavy atom. The van der Waals surface area contributed by atoms with Gasteiger partial charge < -0.3 is 9.84 Å². The summed E-state index contributed by atoms with van der Waals surface area (Å²) in [4.78, 5) is -0.0102. The number of halogens is 3. The number of rotatable bonds is 8. The minimum Gasteiger partial charge on any atom is -0.493 e. The van der Waals surface area contributed by atoms with E-state index in [1.165, 1.54) is 24.3 Å². The average molecular weight is 417 g/mol. The highest BCUT2D eigenvalue weighted by atomic mass is 32.2. The summed E-state index contributed by atoms with van der Waals surface area (Å²) in [6.45, 7) is 4.11. The van der Waals surface area contributed by atoms with Crippen molar-refractivity contribution in [3.63, 3.8) is 0 Å². The van der Waals surface area contributed by atoms with Gasteiger partial charge in [0.05, 0.1) is 23.2 Å². The molecule has 5 nitrogen and oxygen atoms in total. The van der Waals surface area contributed by atoms with Gasteiger partial charge in [0.1, 0.15) is 5.75 Å². The number of alkyl halides is 3. The van der Waals surface area contributed by atoms with Crippen LogP contribution in [0.1, 0.15) is 31.1 Å². The van der Waals surface area contributed by atoms with Crippen LogP contribution in [-0.4, -0.2) is 26.7 Å². The van der Waals surface area contributed by atoms with E-state index in [1.54, 1.807) is 0 Å². The second kappa shape index (κ2) is 8.93. The number of benzene rings is 2. The molecule has 0 aliphatic rings. The maximum atomic E-state index is 12.6. The van der Waals surface area contributed by atoms with Crippen molar-refractivity contribution in [2.45, 2.75) is 31.0 Å². The van der Waals surface area contributed by atoms with Crippen molar-refractivity contribution in [2.75, 3.05) is 13.2 Å². The molecule has 2 aromatic rings. The van der Waals surface area contributed by atoms with Crippen LogP contribution in [0.4, 0.5) is 13.2 Å². The Balaban J connectivity index is 1.98. The van der Waals surface area contributed by atoms with Crippen molar-refractivity contribution >= 4 is 10.0 Å². The Bertz CT molecular complexity index is 864. The van der Waals surface area contributed by atoms with Crippen molar-refractivity contribution in [1.29, 1.82) is 0 Å². The van der Waals surface area contributed by atoms with Crippen LogP contribution >= 0.6 is 0 Å². The largest absolute Gasteiger partial charge is 0.493 e. The molecule has 2 N–H and O–H groups in total. The predicted molar refractivity (Wildman–Crippen MR) is 98.4 cm³/mol. The maximum absolute atomic E-state index is 12.6. The van der Waals surface area contributed by atoms with Crippen LogP contribution in [0.3, 0.4) is 0 Å². The monoisotopic (exact) mass is 417 g/mol. The van der Waals surface area contributed by atoms with Gasteiger partial charge in [-0.15, -0.1) is 0 Å². The van der Waals surface area contributed by atoms with E-state index in [0.717, 1.165) is 24.3 Å². The highest BCUT2D eigenvalue weighted by Gasteiger charge is 2.30. The third-order valence-electron chi connectivity index (χ3n) is 3.81. The molecule has 154 valence electrons. The van der Waals surface area contributed by atoms with Crippen LogP contribution in [0.5, 0.6) is 5.75 Å². The second-order valence-corrected chi connectivity index (χ2v) is 8.43. The molecule has 2 aromatic carbocycles. The molecule has 0 aliphatic carbocycles.